The lowest BCUT2D eigenvalue weighted by Gasteiger charge is -2.08. The van der Waals surface area contributed by atoms with E-state index in [1.54, 1.807) is 6.92 Å². The van der Waals surface area contributed by atoms with Crippen LogP contribution in [0.5, 0.6) is 11.5 Å². The fourth-order valence-corrected chi connectivity index (χ4v) is 1.99. The van der Waals surface area contributed by atoms with E-state index in [0.29, 0.717) is 17.1 Å². The van der Waals surface area contributed by atoms with E-state index in [2.05, 4.69) is 10.5 Å². The van der Waals surface area contributed by atoms with Crippen molar-refractivity contribution in [3.8, 4) is 11.5 Å². The average molecular weight is 333 g/mol. The van der Waals surface area contributed by atoms with Gasteiger partial charge in [-0.2, -0.15) is 5.10 Å². The van der Waals surface area contributed by atoms with Crippen molar-refractivity contribution in [3.63, 3.8) is 0 Å². The Bertz CT molecular complexity index is 797. The minimum atomic E-state index is -0.578. The van der Waals surface area contributed by atoms with Crippen molar-refractivity contribution in [2.75, 3.05) is 14.2 Å². The molecule has 0 saturated heterocycles. The van der Waals surface area contributed by atoms with Gasteiger partial charge in [-0.05, 0) is 19.1 Å². The summed E-state index contributed by atoms with van der Waals surface area (Å²) in [6.07, 6.45) is 2.54. The van der Waals surface area contributed by atoms with Gasteiger partial charge in [0.05, 0.1) is 48.8 Å². The Morgan fingerprint density at radius 1 is 1.33 bits per heavy atom. The summed E-state index contributed by atoms with van der Waals surface area (Å²) in [5.74, 6) is 0.487. The first-order valence-electron chi connectivity index (χ1n) is 6.75. The number of amides is 1. The molecule has 1 heterocycles. The maximum atomic E-state index is 11.9. The molecule has 0 radical (unpaired) electrons. The van der Waals surface area contributed by atoms with E-state index in [4.69, 9.17) is 13.9 Å². The fraction of sp³-hybridized carbons (Fsp3) is 0.200. The van der Waals surface area contributed by atoms with Crippen LogP contribution in [0, 0.1) is 17.0 Å². The number of methoxy groups -OCH3 is 2. The van der Waals surface area contributed by atoms with Crippen LogP contribution in [0.15, 0.2) is 34.0 Å². The van der Waals surface area contributed by atoms with Crippen LogP contribution < -0.4 is 14.9 Å². The Morgan fingerprint density at radius 2 is 2.00 bits per heavy atom. The highest BCUT2D eigenvalue weighted by Crippen LogP contribution is 2.33. The zero-order valence-electron chi connectivity index (χ0n) is 13.2. The highest BCUT2D eigenvalue weighted by molar-refractivity contribution is 5.96. The van der Waals surface area contributed by atoms with Gasteiger partial charge in [0, 0.05) is 0 Å². The number of hydrogen-bond acceptors (Lipinski definition) is 7. The summed E-state index contributed by atoms with van der Waals surface area (Å²) in [6, 6.07) is 4.12. The van der Waals surface area contributed by atoms with Gasteiger partial charge in [-0.15, -0.1) is 0 Å². The predicted molar refractivity (Wildman–Crippen MR) is 84.7 cm³/mol. The van der Waals surface area contributed by atoms with Crippen LogP contribution in [0.1, 0.15) is 21.7 Å². The number of rotatable bonds is 6. The summed E-state index contributed by atoms with van der Waals surface area (Å²) in [4.78, 5) is 22.5. The Labute approximate surface area is 137 Å². The molecule has 9 nitrogen and oxygen atoms in total. The highest BCUT2D eigenvalue weighted by Gasteiger charge is 2.18. The van der Waals surface area contributed by atoms with Gasteiger partial charge < -0.3 is 13.9 Å². The SMILES string of the molecule is COc1cc(C=NNC(=O)c2ccoc2C)c([N+](=O)[O-])cc1OC. The molecule has 1 amide bonds. The Kier molecular flexibility index (Phi) is 5.15. The molecule has 2 rings (SSSR count). The van der Waals surface area contributed by atoms with Crippen LogP contribution in [0.2, 0.25) is 0 Å². The number of furan rings is 1. The molecule has 0 atom stereocenters. The van der Waals surface area contributed by atoms with Crippen molar-refractivity contribution < 1.29 is 23.6 Å². The number of carbonyl (C=O) groups excluding carboxylic acids is 1. The lowest BCUT2D eigenvalue weighted by Crippen LogP contribution is -2.17. The van der Waals surface area contributed by atoms with Crippen molar-refractivity contribution >= 4 is 17.8 Å². The smallest absolute Gasteiger partial charge is 0.282 e. The maximum absolute atomic E-state index is 11.9. The summed E-state index contributed by atoms with van der Waals surface area (Å²) in [6.45, 7) is 1.64. The lowest BCUT2D eigenvalue weighted by molar-refractivity contribution is -0.385. The molecule has 0 aliphatic rings. The van der Waals surface area contributed by atoms with E-state index < -0.39 is 10.8 Å². The average Bonchev–Trinajstić information content (AvgIpc) is 3.00. The Morgan fingerprint density at radius 3 is 2.54 bits per heavy atom. The lowest BCUT2D eigenvalue weighted by atomic mass is 10.1. The van der Waals surface area contributed by atoms with Crippen molar-refractivity contribution in [1.29, 1.82) is 0 Å². The van der Waals surface area contributed by atoms with Gasteiger partial charge in [-0.1, -0.05) is 0 Å². The summed E-state index contributed by atoms with van der Waals surface area (Å²) in [7, 11) is 2.79. The fourth-order valence-electron chi connectivity index (χ4n) is 1.99. The number of hydrogen-bond donors (Lipinski definition) is 1. The number of hydrazone groups is 1. The first-order chi connectivity index (χ1) is 11.5. The first-order valence-corrected chi connectivity index (χ1v) is 6.75. The minimum absolute atomic E-state index is 0.155. The molecule has 0 aliphatic heterocycles. The van der Waals surface area contributed by atoms with Gasteiger partial charge in [0.1, 0.15) is 5.76 Å². The van der Waals surface area contributed by atoms with Gasteiger partial charge in [0.15, 0.2) is 11.5 Å². The number of carbonyl (C=O) groups is 1. The molecular weight excluding hydrogens is 318 g/mol. The van der Waals surface area contributed by atoms with Crippen molar-refractivity contribution in [2.24, 2.45) is 5.10 Å². The van der Waals surface area contributed by atoms with Crippen LogP contribution in [0.4, 0.5) is 5.69 Å². The topological polar surface area (TPSA) is 116 Å². The van der Waals surface area contributed by atoms with Gasteiger partial charge in [0.2, 0.25) is 0 Å². The molecule has 0 spiro atoms. The Balaban J connectivity index is 2.26. The second-order valence-corrected chi connectivity index (χ2v) is 4.61. The van der Waals surface area contributed by atoms with Gasteiger partial charge in [0.25, 0.3) is 11.6 Å². The third-order valence-corrected chi connectivity index (χ3v) is 3.20. The first kappa shape index (κ1) is 17.0. The number of ether oxygens (including phenoxy) is 2. The summed E-state index contributed by atoms with van der Waals surface area (Å²) in [5, 5.41) is 14.9. The zero-order chi connectivity index (χ0) is 17.7. The molecule has 24 heavy (non-hydrogen) atoms. The number of nitro groups is 1. The zero-order valence-corrected chi connectivity index (χ0v) is 13.2. The van der Waals surface area contributed by atoms with E-state index in [1.807, 2.05) is 0 Å². The van der Waals surface area contributed by atoms with Crippen molar-refractivity contribution in [2.45, 2.75) is 6.92 Å². The van der Waals surface area contributed by atoms with Crippen LogP contribution in [-0.4, -0.2) is 31.3 Å². The summed E-state index contributed by atoms with van der Waals surface area (Å²) >= 11 is 0. The van der Waals surface area contributed by atoms with Gasteiger partial charge in [-0.25, -0.2) is 5.43 Å². The minimum Gasteiger partial charge on any atom is -0.493 e. The molecule has 0 aliphatic carbocycles. The molecule has 1 aromatic carbocycles. The molecule has 0 unspecified atom stereocenters. The van der Waals surface area contributed by atoms with Crippen molar-refractivity contribution in [1.82, 2.24) is 5.43 Å². The van der Waals surface area contributed by atoms with Crippen LogP contribution >= 0.6 is 0 Å². The number of nitrogens with zero attached hydrogens (tertiary/aromatic N) is 2. The Hall–Kier alpha value is -3.36. The highest BCUT2D eigenvalue weighted by atomic mass is 16.6. The third kappa shape index (κ3) is 3.51. The molecule has 1 aromatic heterocycles. The normalized spacial score (nSPS) is 10.6. The van der Waals surface area contributed by atoms with Crippen LogP contribution in [-0.2, 0) is 0 Å². The monoisotopic (exact) mass is 333 g/mol. The van der Waals surface area contributed by atoms with Crippen LogP contribution in [0.25, 0.3) is 0 Å². The molecule has 126 valence electrons. The standard InChI is InChI=1S/C15H15N3O6/c1-9-11(4-5-24-9)15(19)17-16-8-10-6-13(22-2)14(23-3)7-12(10)18(20)21/h4-8H,1-3H3,(H,17,19). The molecule has 2 aromatic rings. The number of benzene rings is 1. The molecule has 0 fully saturated rings. The second-order valence-electron chi connectivity index (χ2n) is 4.61. The molecule has 1 N–H and O–H groups in total. The van der Waals surface area contributed by atoms with E-state index in [0.717, 1.165) is 6.21 Å². The quantitative estimate of drug-likeness (QED) is 0.492. The third-order valence-electron chi connectivity index (χ3n) is 3.20. The molecule has 0 bridgehead atoms. The van der Waals surface area contributed by atoms with Gasteiger partial charge >= 0.3 is 0 Å². The van der Waals surface area contributed by atoms with E-state index in [1.165, 1.54) is 38.7 Å². The van der Waals surface area contributed by atoms with E-state index in [9.17, 15) is 14.9 Å². The second kappa shape index (κ2) is 7.27. The van der Waals surface area contributed by atoms with E-state index in [-0.39, 0.29) is 17.0 Å². The van der Waals surface area contributed by atoms with Crippen LogP contribution in [0.3, 0.4) is 0 Å². The number of aryl methyl sites for hydroxylation is 1. The largest absolute Gasteiger partial charge is 0.493 e. The summed E-state index contributed by atoms with van der Waals surface area (Å²) in [5.41, 5.74) is 2.53. The van der Waals surface area contributed by atoms with E-state index >= 15 is 0 Å². The summed E-state index contributed by atoms with van der Waals surface area (Å²) < 4.78 is 15.2. The molecule has 9 heteroatoms. The molecule has 0 saturated carbocycles. The van der Waals surface area contributed by atoms with Crippen molar-refractivity contribution in [3.05, 3.63) is 51.5 Å². The van der Waals surface area contributed by atoms with Gasteiger partial charge in [-0.3, -0.25) is 14.9 Å². The molecular formula is C15H15N3O6. The predicted octanol–water partition coefficient (Wildman–Crippen LogP) is 2.28. The number of nitro benzene ring substituents is 1. The maximum Gasteiger partial charge on any atom is 0.282 e. The number of nitrogens with one attached hydrogen (secondary N) is 1.